The molecule has 1 heterocycles. The number of aliphatic imine (C=N–C) groups is 1. The molecular formula is C19H26F3IN4OS. The van der Waals surface area contributed by atoms with Crippen LogP contribution in [0.25, 0.3) is 0 Å². The van der Waals surface area contributed by atoms with Crippen molar-refractivity contribution in [3.8, 4) is 5.75 Å². The lowest BCUT2D eigenvalue weighted by molar-refractivity contribution is -0.153. The monoisotopic (exact) mass is 542 g/mol. The van der Waals surface area contributed by atoms with E-state index in [0.717, 1.165) is 16.3 Å². The summed E-state index contributed by atoms with van der Waals surface area (Å²) in [6.07, 6.45) is -4.34. The van der Waals surface area contributed by atoms with Crippen molar-refractivity contribution in [2.75, 3.05) is 13.7 Å². The van der Waals surface area contributed by atoms with Crippen LogP contribution in [0.3, 0.4) is 0 Å². The zero-order valence-corrected chi connectivity index (χ0v) is 19.9. The minimum Gasteiger partial charge on any atom is -0.484 e. The van der Waals surface area contributed by atoms with Gasteiger partial charge in [-0.1, -0.05) is 32.9 Å². The van der Waals surface area contributed by atoms with Gasteiger partial charge in [0.2, 0.25) is 0 Å². The van der Waals surface area contributed by atoms with E-state index in [9.17, 15) is 13.2 Å². The highest BCUT2D eigenvalue weighted by Crippen LogP contribution is 2.23. The highest BCUT2D eigenvalue weighted by molar-refractivity contribution is 14.0. The summed E-state index contributed by atoms with van der Waals surface area (Å²) >= 11 is 1.60. The number of hydrogen-bond acceptors (Lipinski definition) is 4. The number of nitrogens with zero attached hydrogens (tertiary/aromatic N) is 2. The summed E-state index contributed by atoms with van der Waals surface area (Å²) in [4.78, 5) is 8.80. The summed E-state index contributed by atoms with van der Waals surface area (Å²) in [5.74, 6) is 0.798. The fourth-order valence-corrected chi connectivity index (χ4v) is 3.13. The van der Waals surface area contributed by atoms with Crippen molar-refractivity contribution in [1.29, 1.82) is 0 Å². The Balaban J connectivity index is 0.00000420. The van der Waals surface area contributed by atoms with Crippen LogP contribution in [0.1, 0.15) is 37.0 Å². The second-order valence-electron chi connectivity index (χ2n) is 7.20. The van der Waals surface area contributed by atoms with Crippen molar-refractivity contribution in [1.82, 2.24) is 15.6 Å². The molecule has 29 heavy (non-hydrogen) atoms. The van der Waals surface area contributed by atoms with Crippen molar-refractivity contribution in [3.63, 3.8) is 0 Å². The molecule has 0 aliphatic heterocycles. The molecule has 1 aromatic carbocycles. The second kappa shape index (κ2) is 11.0. The smallest absolute Gasteiger partial charge is 0.422 e. The lowest BCUT2D eigenvalue weighted by Gasteiger charge is -2.14. The van der Waals surface area contributed by atoms with E-state index in [2.05, 4.69) is 46.8 Å². The van der Waals surface area contributed by atoms with Gasteiger partial charge in [0.1, 0.15) is 10.8 Å². The zero-order valence-electron chi connectivity index (χ0n) is 16.8. The SMILES string of the molecule is CN=C(NCc1ccc(OCC(F)(F)F)cc1)NCc1nc(C(C)(C)C)cs1.I. The Hall–Kier alpha value is -1.56. The fourth-order valence-electron chi connectivity index (χ4n) is 2.17. The third-order valence-corrected chi connectivity index (χ3v) is 4.59. The molecule has 0 unspecified atom stereocenters. The summed E-state index contributed by atoms with van der Waals surface area (Å²) < 4.78 is 41.2. The number of nitrogens with one attached hydrogen (secondary N) is 2. The number of ether oxygens (including phenoxy) is 1. The highest BCUT2D eigenvalue weighted by Gasteiger charge is 2.28. The molecule has 0 radical (unpaired) electrons. The van der Waals surface area contributed by atoms with Gasteiger partial charge in [-0.2, -0.15) is 13.2 Å². The van der Waals surface area contributed by atoms with Gasteiger partial charge in [-0.3, -0.25) is 4.99 Å². The number of thiazole rings is 1. The maximum absolute atomic E-state index is 12.2. The molecule has 0 spiro atoms. The largest absolute Gasteiger partial charge is 0.484 e. The van der Waals surface area contributed by atoms with Gasteiger partial charge in [-0.25, -0.2) is 4.98 Å². The van der Waals surface area contributed by atoms with Gasteiger partial charge in [0.25, 0.3) is 0 Å². The minimum atomic E-state index is -4.34. The van der Waals surface area contributed by atoms with Crippen molar-refractivity contribution in [2.45, 2.75) is 45.5 Å². The van der Waals surface area contributed by atoms with Gasteiger partial charge in [-0.05, 0) is 17.7 Å². The van der Waals surface area contributed by atoms with E-state index in [4.69, 9.17) is 4.74 Å². The predicted octanol–water partition coefficient (Wildman–Crippen LogP) is 4.86. The maximum Gasteiger partial charge on any atom is 0.422 e. The number of hydrogen-bond donors (Lipinski definition) is 2. The van der Waals surface area contributed by atoms with Crippen LogP contribution in [0.15, 0.2) is 34.6 Å². The minimum absolute atomic E-state index is 0. The zero-order chi connectivity index (χ0) is 20.8. The molecule has 10 heteroatoms. The highest BCUT2D eigenvalue weighted by atomic mass is 127. The predicted molar refractivity (Wildman–Crippen MR) is 121 cm³/mol. The average Bonchev–Trinajstić information content (AvgIpc) is 3.10. The van der Waals surface area contributed by atoms with Crippen LogP contribution < -0.4 is 15.4 Å². The summed E-state index contributed by atoms with van der Waals surface area (Å²) in [7, 11) is 1.67. The number of benzene rings is 1. The van der Waals surface area contributed by atoms with Gasteiger partial charge in [0.15, 0.2) is 12.6 Å². The topological polar surface area (TPSA) is 58.5 Å². The van der Waals surface area contributed by atoms with Crippen LogP contribution in [-0.2, 0) is 18.5 Å². The standard InChI is InChI=1S/C19H25F3N4OS.HI/c1-18(2,3)15-11-28-16(26-15)10-25-17(23-4)24-9-13-5-7-14(8-6-13)27-12-19(20,21)22;/h5-8,11H,9-10,12H2,1-4H3,(H2,23,24,25);1H. The molecule has 5 nitrogen and oxygen atoms in total. The molecule has 0 aliphatic rings. The van der Waals surface area contributed by atoms with E-state index < -0.39 is 12.8 Å². The van der Waals surface area contributed by atoms with Crippen molar-refractivity contribution < 1.29 is 17.9 Å². The van der Waals surface area contributed by atoms with Gasteiger partial charge in [0.05, 0.1) is 12.2 Å². The first-order valence-electron chi connectivity index (χ1n) is 8.75. The summed E-state index contributed by atoms with van der Waals surface area (Å²) in [6, 6.07) is 6.45. The van der Waals surface area contributed by atoms with Crippen LogP contribution in [0.4, 0.5) is 13.2 Å². The van der Waals surface area contributed by atoms with E-state index in [0.29, 0.717) is 19.0 Å². The van der Waals surface area contributed by atoms with E-state index in [1.54, 1.807) is 30.5 Å². The molecule has 0 saturated carbocycles. The van der Waals surface area contributed by atoms with Crippen LogP contribution >= 0.6 is 35.3 Å². The molecule has 0 bridgehead atoms. The molecule has 2 aromatic rings. The number of alkyl halides is 3. The summed E-state index contributed by atoms with van der Waals surface area (Å²) in [6.45, 7) is 6.11. The number of rotatable bonds is 6. The van der Waals surface area contributed by atoms with E-state index in [1.165, 1.54) is 12.1 Å². The number of guanidine groups is 1. The van der Waals surface area contributed by atoms with Gasteiger partial charge >= 0.3 is 6.18 Å². The molecule has 1 aromatic heterocycles. The molecule has 2 rings (SSSR count). The molecule has 0 amide bonds. The molecule has 2 N–H and O–H groups in total. The van der Waals surface area contributed by atoms with E-state index >= 15 is 0 Å². The van der Waals surface area contributed by atoms with Gasteiger partial charge in [0, 0.05) is 24.4 Å². The Bertz CT molecular complexity index is 786. The third kappa shape index (κ3) is 9.20. The van der Waals surface area contributed by atoms with Gasteiger partial charge < -0.3 is 15.4 Å². The summed E-state index contributed by atoms with van der Waals surface area (Å²) in [5.41, 5.74) is 1.97. The lowest BCUT2D eigenvalue weighted by Crippen LogP contribution is -2.36. The fraction of sp³-hybridized carbons (Fsp3) is 0.474. The van der Waals surface area contributed by atoms with E-state index in [-0.39, 0.29) is 35.1 Å². The Morgan fingerprint density at radius 2 is 1.72 bits per heavy atom. The Morgan fingerprint density at radius 3 is 2.24 bits per heavy atom. The normalized spacial score (nSPS) is 12.3. The van der Waals surface area contributed by atoms with Crippen LogP contribution in [-0.4, -0.2) is 30.8 Å². The van der Waals surface area contributed by atoms with Crippen molar-refractivity contribution in [2.24, 2.45) is 4.99 Å². The quantitative estimate of drug-likeness (QED) is 0.311. The first-order valence-corrected chi connectivity index (χ1v) is 9.63. The van der Waals surface area contributed by atoms with Gasteiger partial charge in [-0.15, -0.1) is 35.3 Å². The third-order valence-electron chi connectivity index (χ3n) is 3.74. The van der Waals surface area contributed by atoms with Crippen molar-refractivity contribution >= 4 is 41.3 Å². The maximum atomic E-state index is 12.2. The van der Waals surface area contributed by atoms with Crippen LogP contribution in [0.2, 0.25) is 0 Å². The Morgan fingerprint density at radius 1 is 1.10 bits per heavy atom. The first-order chi connectivity index (χ1) is 13.1. The molecule has 0 fully saturated rings. The lowest BCUT2D eigenvalue weighted by atomic mass is 9.93. The molecular weight excluding hydrogens is 516 g/mol. The first kappa shape index (κ1) is 25.5. The van der Waals surface area contributed by atoms with Crippen LogP contribution in [0, 0.1) is 0 Å². The Kier molecular flexibility index (Phi) is 9.66. The van der Waals surface area contributed by atoms with Crippen LogP contribution in [0.5, 0.6) is 5.75 Å². The summed E-state index contributed by atoms with van der Waals surface area (Å²) in [5, 5.41) is 9.41. The average molecular weight is 542 g/mol. The van der Waals surface area contributed by atoms with Crippen molar-refractivity contribution in [3.05, 3.63) is 45.9 Å². The molecule has 162 valence electrons. The van der Waals surface area contributed by atoms with E-state index in [1.807, 2.05) is 0 Å². The molecule has 0 saturated heterocycles. The number of aromatic nitrogens is 1. The second-order valence-corrected chi connectivity index (χ2v) is 8.15. The number of halogens is 4. The molecule has 0 aliphatic carbocycles. The molecule has 0 atom stereocenters. The Labute approximate surface area is 190 Å².